The zero-order chi connectivity index (χ0) is 13.0. The number of aliphatic carboxylic acids is 1. The van der Waals surface area contributed by atoms with Gasteiger partial charge in [-0.05, 0) is 6.92 Å². The van der Waals surface area contributed by atoms with Crippen molar-refractivity contribution in [2.45, 2.75) is 19.3 Å². The molecule has 1 rings (SSSR count). The minimum atomic E-state index is -1.24. The molecule has 0 radical (unpaired) electrons. The van der Waals surface area contributed by atoms with Crippen LogP contribution in [0, 0.1) is 10.1 Å². The number of nitro groups is 1. The maximum Gasteiger partial charge on any atom is 0.311 e. The average Bonchev–Trinajstić information content (AvgIpc) is 2.25. The van der Waals surface area contributed by atoms with Crippen LogP contribution in [-0.4, -0.2) is 21.8 Å². The van der Waals surface area contributed by atoms with Crippen molar-refractivity contribution in [1.82, 2.24) is 0 Å². The summed E-state index contributed by atoms with van der Waals surface area (Å²) in [7, 11) is 0. The minimum Gasteiger partial charge on any atom is -0.481 e. The first-order chi connectivity index (χ1) is 7.93. The van der Waals surface area contributed by atoms with Gasteiger partial charge in [0.1, 0.15) is 5.78 Å². The summed E-state index contributed by atoms with van der Waals surface area (Å²) in [5.41, 5.74) is -0.221. The molecule has 0 heterocycles. The molecule has 0 bridgehead atoms. The molecular formula is C11H11NO5. The van der Waals surface area contributed by atoms with Crippen molar-refractivity contribution in [3.8, 4) is 0 Å². The average molecular weight is 237 g/mol. The number of nitro benzene ring substituents is 1. The van der Waals surface area contributed by atoms with Crippen molar-refractivity contribution >= 4 is 17.4 Å². The molecule has 0 aliphatic heterocycles. The van der Waals surface area contributed by atoms with Crippen LogP contribution in [0.1, 0.15) is 24.8 Å². The SMILES string of the molecule is CC(=O)CC(C(=O)O)c1ccccc1[N+](=O)[O-]. The van der Waals surface area contributed by atoms with E-state index in [9.17, 15) is 19.7 Å². The molecule has 90 valence electrons. The van der Waals surface area contributed by atoms with Crippen molar-refractivity contribution < 1.29 is 19.6 Å². The third-order valence-corrected chi connectivity index (χ3v) is 2.30. The number of carboxylic acid groups (broad SMARTS) is 1. The smallest absolute Gasteiger partial charge is 0.311 e. The molecule has 0 aromatic heterocycles. The number of Topliss-reactive ketones (excluding diaryl/α,β-unsaturated/α-hetero) is 1. The van der Waals surface area contributed by atoms with Crippen molar-refractivity contribution in [2.75, 3.05) is 0 Å². The quantitative estimate of drug-likeness (QED) is 0.621. The molecule has 1 N–H and O–H groups in total. The van der Waals surface area contributed by atoms with Crippen LogP contribution in [0.2, 0.25) is 0 Å². The molecule has 0 spiro atoms. The Morgan fingerprint density at radius 3 is 2.47 bits per heavy atom. The molecule has 1 unspecified atom stereocenters. The van der Waals surface area contributed by atoms with Crippen molar-refractivity contribution in [3.63, 3.8) is 0 Å². The van der Waals surface area contributed by atoms with Gasteiger partial charge < -0.3 is 5.11 Å². The Hall–Kier alpha value is -2.24. The largest absolute Gasteiger partial charge is 0.481 e. The number of nitrogens with zero attached hydrogens (tertiary/aromatic N) is 1. The Bertz CT molecular complexity index is 469. The standard InChI is InChI=1S/C11H11NO5/c1-7(13)6-9(11(14)15)8-4-2-3-5-10(8)12(16)17/h2-5,9H,6H2,1H3,(H,14,15). The van der Waals surface area contributed by atoms with Crippen LogP contribution in [-0.2, 0) is 9.59 Å². The number of para-hydroxylation sites is 1. The van der Waals surface area contributed by atoms with E-state index in [1.807, 2.05) is 0 Å². The fourth-order valence-corrected chi connectivity index (χ4v) is 1.57. The fraction of sp³-hybridized carbons (Fsp3) is 0.273. The molecule has 0 aliphatic carbocycles. The Kier molecular flexibility index (Phi) is 3.92. The Morgan fingerprint density at radius 1 is 1.41 bits per heavy atom. The van der Waals surface area contributed by atoms with E-state index < -0.39 is 16.8 Å². The number of hydrogen-bond donors (Lipinski definition) is 1. The summed E-state index contributed by atoms with van der Waals surface area (Å²) in [6.45, 7) is 1.25. The molecule has 0 amide bonds. The summed E-state index contributed by atoms with van der Waals surface area (Å²) in [6, 6.07) is 5.55. The Labute approximate surface area is 97.0 Å². The highest BCUT2D eigenvalue weighted by atomic mass is 16.6. The van der Waals surface area contributed by atoms with Crippen LogP contribution >= 0.6 is 0 Å². The summed E-state index contributed by atoms with van der Waals surface area (Å²) in [5, 5.41) is 19.8. The van der Waals surface area contributed by atoms with Gasteiger partial charge in [-0.3, -0.25) is 19.7 Å². The normalized spacial score (nSPS) is 11.8. The van der Waals surface area contributed by atoms with Gasteiger partial charge in [0.05, 0.1) is 10.8 Å². The number of ketones is 1. The molecule has 1 aromatic rings. The molecule has 6 nitrogen and oxygen atoms in total. The minimum absolute atomic E-state index is 0.0557. The van der Waals surface area contributed by atoms with Gasteiger partial charge in [-0.2, -0.15) is 0 Å². The summed E-state index contributed by atoms with van der Waals surface area (Å²) in [4.78, 5) is 32.1. The van der Waals surface area contributed by atoms with Crippen molar-refractivity contribution in [2.24, 2.45) is 0 Å². The van der Waals surface area contributed by atoms with Gasteiger partial charge in [-0.15, -0.1) is 0 Å². The first-order valence-corrected chi connectivity index (χ1v) is 4.89. The van der Waals surface area contributed by atoms with Gasteiger partial charge in [0.25, 0.3) is 5.69 Å². The maximum absolute atomic E-state index is 11.0. The van der Waals surface area contributed by atoms with E-state index in [-0.39, 0.29) is 23.5 Å². The van der Waals surface area contributed by atoms with Crippen molar-refractivity contribution in [3.05, 3.63) is 39.9 Å². The number of rotatable bonds is 5. The first-order valence-electron chi connectivity index (χ1n) is 4.89. The highest BCUT2D eigenvalue weighted by Crippen LogP contribution is 2.29. The second kappa shape index (κ2) is 5.20. The predicted octanol–water partition coefficient (Wildman–Crippen LogP) is 1.74. The number of benzene rings is 1. The maximum atomic E-state index is 11.0. The second-order valence-electron chi connectivity index (χ2n) is 3.61. The molecule has 0 fully saturated rings. The van der Waals surface area contributed by atoms with Crippen LogP contribution in [0.25, 0.3) is 0 Å². The van der Waals surface area contributed by atoms with Crippen molar-refractivity contribution in [1.29, 1.82) is 0 Å². The van der Waals surface area contributed by atoms with Gasteiger partial charge in [0, 0.05) is 18.1 Å². The molecule has 17 heavy (non-hydrogen) atoms. The van der Waals surface area contributed by atoms with Gasteiger partial charge in [-0.25, -0.2) is 0 Å². The summed E-state index contributed by atoms with van der Waals surface area (Å²) >= 11 is 0. The molecule has 1 aromatic carbocycles. The van der Waals surface area contributed by atoms with E-state index in [0.29, 0.717) is 0 Å². The highest BCUT2D eigenvalue weighted by molar-refractivity contribution is 5.86. The number of carboxylic acids is 1. The van der Waals surface area contributed by atoms with Crippen LogP contribution in [0.15, 0.2) is 24.3 Å². The molecule has 0 aliphatic rings. The van der Waals surface area contributed by atoms with Gasteiger partial charge in [-0.1, -0.05) is 18.2 Å². The zero-order valence-corrected chi connectivity index (χ0v) is 9.12. The second-order valence-corrected chi connectivity index (χ2v) is 3.61. The molecule has 1 atom stereocenters. The molecule has 6 heteroatoms. The fourth-order valence-electron chi connectivity index (χ4n) is 1.57. The van der Waals surface area contributed by atoms with Crippen LogP contribution in [0.4, 0.5) is 5.69 Å². The third-order valence-electron chi connectivity index (χ3n) is 2.30. The summed E-state index contributed by atoms with van der Waals surface area (Å²) in [6.07, 6.45) is -0.250. The lowest BCUT2D eigenvalue weighted by molar-refractivity contribution is -0.385. The first kappa shape index (κ1) is 12.8. The lowest BCUT2D eigenvalue weighted by atomic mass is 9.93. The molecular weight excluding hydrogens is 226 g/mol. The Balaban J connectivity index is 3.22. The van der Waals surface area contributed by atoms with E-state index in [4.69, 9.17) is 5.11 Å². The van der Waals surface area contributed by atoms with E-state index in [2.05, 4.69) is 0 Å². The van der Waals surface area contributed by atoms with E-state index >= 15 is 0 Å². The lowest BCUT2D eigenvalue weighted by Gasteiger charge is -2.10. The molecule has 0 saturated heterocycles. The van der Waals surface area contributed by atoms with Gasteiger partial charge >= 0.3 is 5.97 Å². The van der Waals surface area contributed by atoms with Gasteiger partial charge in [0.2, 0.25) is 0 Å². The number of carbonyl (C=O) groups is 2. The van der Waals surface area contributed by atoms with E-state index in [1.165, 1.54) is 31.2 Å². The summed E-state index contributed by atoms with van der Waals surface area (Å²) < 4.78 is 0. The zero-order valence-electron chi connectivity index (χ0n) is 9.12. The van der Waals surface area contributed by atoms with Gasteiger partial charge in [0.15, 0.2) is 0 Å². The third kappa shape index (κ3) is 3.10. The number of hydrogen-bond acceptors (Lipinski definition) is 4. The van der Waals surface area contributed by atoms with E-state index in [0.717, 1.165) is 0 Å². The van der Waals surface area contributed by atoms with Crippen LogP contribution in [0.5, 0.6) is 0 Å². The number of carbonyl (C=O) groups excluding carboxylic acids is 1. The monoisotopic (exact) mass is 237 g/mol. The lowest BCUT2D eigenvalue weighted by Crippen LogP contribution is -2.16. The van der Waals surface area contributed by atoms with Crippen LogP contribution in [0.3, 0.4) is 0 Å². The topological polar surface area (TPSA) is 97.5 Å². The summed E-state index contributed by atoms with van der Waals surface area (Å²) in [5.74, 6) is -2.74. The highest BCUT2D eigenvalue weighted by Gasteiger charge is 2.28. The predicted molar refractivity (Wildman–Crippen MR) is 58.8 cm³/mol. The molecule has 0 saturated carbocycles. The van der Waals surface area contributed by atoms with Crippen LogP contribution < -0.4 is 0 Å². The van der Waals surface area contributed by atoms with E-state index in [1.54, 1.807) is 0 Å². The Morgan fingerprint density at radius 2 is 2.00 bits per heavy atom.